The van der Waals surface area contributed by atoms with Gasteiger partial charge in [-0.15, -0.1) is 0 Å². The van der Waals surface area contributed by atoms with E-state index in [1.54, 1.807) is 16.9 Å². The van der Waals surface area contributed by atoms with Crippen LogP contribution in [0.1, 0.15) is 12.5 Å². The molecule has 0 unspecified atom stereocenters. The summed E-state index contributed by atoms with van der Waals surface area (Å²) in [5, 5.41) is 4.10. The summed E-state index contributed by atoms with van der Waals surface area (Å²) in [6, 6.07) is 2.00. The topological polar surface area (TPSA) is 30.2 Å². The average Bonchev–Trinajstić information content (AvgIpc) is 2.50. The maximum atomic E-state index is 4.19. The first-order valence-electron chi connectivity index (χ1n) is 3.69. The van der Waals surface area contributed by atoms with E-state index in [0.29, 0.717) is 0 Å². The van der Waals surface area contributed by atoms with Crippen molar-refractivity contribution in [2.24, 2.45) is 0 Å². The molecule has 2 aromatic heterocycles. The van der Waals surface area contributed by atoms with Crippen LogP contribution in [0, 0.1) is 0 Å². The van der Waals surface area contributed by atoms with E-state index in [9.17, 15) is 0 Å². The summed E-state index contributed by atoms with van der Waals surface area (Å²) in [5.74, 6) is 0. The molecule has 2 heterocycles. The lowest BCUT2D eigenvalue weighted by Crippen LogP contribution is -1.93. The van der Waals surface area contributed by atoms with E-state index in [4.69, 9.17) is 0 Å². The highest BCUT2D eigenvalue weighted by atomic mass is 15.2. The Morgan fingerprint density at radius 3 is 3.18 bits per heavy atom. The van der Waals surface area contributed by atoms with Crippen molar-refractivity contribution in [1.29, 1.82) is 0 Å². The number of imidazole rings is 1. The Bertz CT molecular complexity index is 364. The largest absolute Gasteiger partial charge is 0.235 e. The highest BCUT2D eigenvalue weighted by Crippen LogP contribution is 2.06. The molecule has 2 aromatic rings. The van der Waals surface area contributed by atoms with Gasteiger partial charge in [-0.3, -0.25) is 0 Å². The fourth-order valence-corrected chi connectivity index (χ4v) is 1.17. The van der Waals surface area contributed by atoms with Gasteiger partial charge in [0.15, 0.2) is 5.65 Å². The molecule has 56 valence electrons. The Morgan fingerprint density at radius 1 is 1.45 bits per heavy atom. The van der Waals surface area contributed by atoms with Crippen LogP contribution in [0.2, 0.25) is 0 Å². The van der Waals surface area contributed by atoms with Gasteiger partial charge in [0.1, 0.15) is 0 Å². The van der Waals surface area contributed by atoms with Gasteiger partial charge in [0.05, 0.1) is 0 Å². The van der Waals surface area contributed by atoms with Gasteiger partial charge in [0.25, 0.3) is 0 Å². The highest BCUT2D eigenvalue weighted by Gasteiger charge is 1.98. The number of nitrogens with zero attached hydrogens (tertiary/aromatic N) is 3. The molecule has 0 N–H and O–H groups in total. The van der Waals surface area contributed by atoms with Gasteiger partial charge in [-0.25, -0.2) is 9.50 Å². The number of fused-ring (bicyclic) bond motifs is 1. The molecule has 0 aliphatic heterocycles. The zero-order chi connectivity index (χ0) is 7.68. The van der Waals surface area contributed by atoms with Crippen molar-refractivity contribution >= 4 is 5.65 Å². The molecule has 0 amide bonds. The third-order valence-corrected chi connectivity index (χ3v) is 1.76. The van der Waals surface area contributed by atoms with E-state index in [-0.39, 0.29) is 0 Å². The minimum atomic E-state index is 0.968. The fraction of sp³-hybridized carbons (Fsp3) is 0.250. The number of aromatic nitrogens is 3. The smallest absolute Gasteiger partial charge is 0.156 e. The van der Waals surface area contributed by atoms with Crippen molar-refractivity contribution in [3.63, 3.8) is 0 Å². The molecule has 3 nitrogen and oxygen atoms in total. The molecule has 0 saturated carbocycles. The molecule has 0 saturated heterocycles. The molecule has 0 fully saturated rings. The van der Waals surface area contributed by atoms with Crippen LogP contribution in [-0.4, -0.2) is 14.6 Å². The van der Waals surface area contributed by atoms with Crippen LogP contribution in [-0.2, 0) is 6.42 Å². The van der Waals surface area contributed by atoms with Crippen LogP contribution >= 0.6 is 0 Å². The summed E-state index contributed by atoms with van der Waals surface area (Å²) in [7, 11) is 0. The van der Waals surface area contributed by atoms with Crippen molar-refractivity contribution in [3.05, 3.63) is 30.2 Å². The van der Waals surface area contributed by atoms with Crippen LogP contribution in [0.5, 0.6) is 0 Å². The van der Waals surface area contributed by atoms with E-state index >= 15 is 0 Å². The minimum Gasteiger partial charge on any atom is -0.235 e. The van der Waals surface area contributed by atoms with Crippen molar-refractivity contribution in [1.82, 2.24) is 14.6 Å². The van der Waals surface area contributed by atoms with Crippen LogP contribution in [0.25, 0.3) is 5.65 Å². The summed E-state index contributed by atoms with van der Waals surface area (Å²) < 4.78 is 1.79. The van der Waals surface area contributed by atoms with Gasteiger partial charge in [0.2, 0.25) is 0 Å². The van der Waals surface area contributed by atoms with Crippen LogP contribution in [0.15, 0.2) is 24.7 Å². The second kappa shape index (κ2) is 2.34. The van der Waals surface area contributed by atoms with Gasteiger partial charge in [-0.1, -0.05) is 6.92 Å². The Hall–Kier alpha value is -1.38. The van der Waals surface area contributed by atoms with E-state index in [0.717, 1.165) is 12.1 Å². The predicted octanol–water partition coefficient (Wildman–Crippen LogP) is 1.29. The minimum absolute atomic E-state index is 0.968. The number of aryl methyl sites for hydroxylation is 1. The van der Waals surface area contributed by atoms with Crippen molar-refractivity contribution in [2.45, 2.75) is 13.3 Å². The van der Waals surface area contributed by atoms with E-state index in [1.165, 1.54) is 5.56 Å². The summed E-state index contributed by atoms with van der Waals surface area (Å²) in [6.45, 7) is 2.12. The number of hydrogen-bond acceptors (Lipinski definition) is 2. The second-order valence-corrected chi connectivity index (χ2v) is 2.41. The van der Waals surface area contributed by atoms with E-state index < -0.39 is 0 Å². The SMILES string of the molecule is CCc1ccnn2ccnc12. The molecule has 0 spiro atoms. The molecule has 11 heavy (non-hydrogen) atoms. The number of hydrogen-bond donors (Lipinski definition) is 0. The zero-order valence-electron chi connectivity index (χ0n) is 6.36. The average molecular weight is 147 g/mol. The first-order chi connectivity index (χ1) is 5.42. The van der Waals surface area contributed by atoms with Crippen LogP contribution < -0.4 is 0 Å². The summed E-state index contributed by atoms with van der Waals surface area (Å²) in [4.78, 5) is 4.19. The molecule has 0 aromatic carbocycles. The zero-order valence-corrected chi connectivity index (χ0v) is 6.36. The molecule has 2 rings (SSSR count). The van der Waals surface area contributed by atoms with E-state index in [1.807, 2.05) is 12.3 Å². The molecule has 0 aliphatic rings. The maximum Gasteiger partial charge on any atom is 0.156 e. The van der Waals surface area contributed by atoms with Crippen LogP contribution in [0.3, 0.4) is 0 Å². The van der Waals surface area contributed by atoms with Crippen molar-refractivity contribution in [2.75, 3.05) is 0 Å². The first-order valence-corrected chi connectivity index (χ1v) is 3.69. The Kier molecular flexibility index (Phi) is 1.35. The van der Waals surface area contributed by atoms with Crippen molar-refractivity contribution in [3.8, 4) is 0 Å². The summed E-state index contributed by atoms with van der Waals surface area (Å²) in [5.41, 5.74) is 2.21. The quantitative estimate of drug-likeness (QED) is 0.608. The van der Waals surface area contributed by atoms with Gasteiger partial charge >= 0.3 is 0 Å². The molecular formula is C8H9N3. The van der Waals surface area contributed by atoms with Gasteiger partial charge in [-0.2, -0.15) is 5.10 Å². The van der Waals surface area contributed by atoms with Gasteiger partial charge in [-0.05, 0) is 18.1 Å². The number of rotatable bonds is 1. The summed E-state index contributed by atoms with van der Waals surface area (Å²) >= 11 is 0. The lowest BCUT2D eigenvalue weighted by atomic mass is 10.2. The molecular weight excluding hydrogens is 138 g/mol. The lowest BCUT2D eigenvalue weighted by Gasteiger charge is -1.96. The fourth-order valence-electron chi connectivity index (χ4n) is 1.17. The third kappa shape index (κ3) is 0.888. The van der Waals surface area contributed by atoms with Gasteiger partial charge < -0.3 is 0 Å². The predicted molar refractivity (Wildman–Crippen MR) is 42.4 cm³/mol. The van der Waals surface area contributed by atoms with E-state index in [2.05, 4.69) is 17.0 Å². The Labute approximate surface area is 64.7 Å². The molecule has 0 aliphatic carbocycles. The normalized spacial score (nSPS) is 10.6. The monoisotopic (exact) mass is 147 g/mol. The standard InChI is InChI=1S/C8H9N3/c1-2-7-3-4-10-11-6-5-9-8(7)11/h3-6H,2H2,1H3. The summed E-state index contributed by atoms with van der Waals surface area (Å²) in [6.07, 6.45) is 6.42. The highest BCUT2D eigenvalue weighted by molar-refractivity contribution is 5.45. The van der Waals surface area contributed by atoms with Gasteiger partial charge in [0, 0.05) is 18.6 Å². The maximum absolute atomic E-state index is 4.19. The second-order valence-electron chi connectivity index (χ2n) is 2.41. The van der Waals surface area contributed by atoms with Crippen LogP contribution in [0.4, 0.5) is 0 Å². The molecule has 0 radical (unpaired) electrons. The molecule has 3 heteroatoms. The third-order valence-electron chi connectivity index (χ3n) is 1.76. The lowest BCUT2D eigenvalue weighted by molar-refractivity contribution is 0.915. The first kappa shape index (κ1) is 6.34. The Morgan fingerprint density at radius 2 is 2.36 bits per heavy atom. The van der Waals surface area contributed by atoms with Crippen molar-refractivity contribution < 1.29 is 0 Å². The molecule has 0 bridgehead atoms. The molecule has 0 atom stereocenters. The Balaban J connectivity index is 2.79.